The minimum absolute atomic E-state index is 0.0576. The molecule has 0 aromatic heterocycles. The Bertz CT molecular complexity index is 848. The lowest BCUT2D eigenvalue weighted by Gasteiger charge is -2.78. The molecule has 0 aromatic rings. The number of ether oxygens (including phenoxy) is 1. The van der Waals surface area contributed by atoms with Crippen molar-refractivity contribution in [1.29, 1.82) is 0 Å². The van der Waals surface area contributed by atoms with Crippen molar-refractivity contribution in [1.82, 2.24) is 0 Å². The summed E-state index contributed by atoms with van der Waals surface area (Å²) in [6, 6.07) is 0. The third-order valence-corrected chi connectivity index (χ3v) is 107. The van der Waals surface area contributed by atoms with E-state index in [1.54, 1.807) is 0 Å². The van der Waals surface area contributed by atoms with Crippen molar-refractivity contribution in [3.05, 3.63) is 11.7 Å². The molecule has 1 rings (SSSR count). The summed E-state index contributed by atoms with van der Waals surface area (Å²) in [4.78, 5) is 13.7. The van der Waals surface area contributed by atoms with E-state index in [-0.39, 0.29) is 11.5 Å². The van der Waals surface area contributed by atoms with Crippen LogP contribution >= 0.6 is 0 Å². The first-order valence-electron chi connectivity index (χ1n) is 14.4. The van der Waals surface area contributed by atoms with E-state index < -0.39 is 51.3 Å². The minimum Gasteiger partial charge on any atom is -0.535 e. The summed E-state index contributed by atoms with van der Waals surface area (Å²) in [5.74, 6) is 0.206. The fourth-order valence-corrected chi connectivity index (χ4v) is 152. The molecule has 2 unspecified atom stereocenters. The van der Waals surface area contributed by atoms with Crippen LogP contribution in [0.5, 0.6) is 0 Å². The van der Waals surface area contributed by atoms with Gasteiger partial charge in [-0.15, -0.1) is 0 Å². The first-order chi connectivity index (χ1) is 16.4. The third kappa shape index (κ3) is 6.09. The maximum Gasteiger partial charge on any atom is 0.379 e. The van der Waals surface area contributed by atoms with E-state index in [4.69, 9.17) is 18.0 Å². The zero-order valence-corrected chi connectivity index (χ0v) is 35.6. The lowest BCUT2D eigenvalue weighted by molar-refractivity contribution is -0.144. The highest BCUT2D eigenvalue weighted by Gasteiger charge is 2.89. The lowest BCUT2D eigenvalue weighted by Crippen LogP contribution is -3.06. The number of esters is 1. The summed E-state index contributed by atoms with van der Waals surface area (Å²) < 4.78 is 26.9. The van der Waals surface area contributed by atoms with Crippen molar-refractivity contribution in [3.8, 4) is 0 Å². The molecule has 1 fully saturated rings. The average Bonchev–Trinajstić information content (AvgIpc) is 2.67. The molecule has 0 N–H and O–H groups in total. The molecule has 5 nitrogen and oxygen atoms in total. The Morgan fingerprint density at radius 2 is 1.19 bits per heavy atom. The molecule has 1 heterocycles. The van der Waals surface area contributed by atoms with E-state index >= 15 is 0 Å². The molecular formula is C25H60O5Si7. The summed E-state index contributed by atoms with van der Waals surface area (Å²) in [6.45, 7) is 40.2. The van der Waals surface area contributed by atoms with E-state index in [1.807, 2.05) is 0 Å². The van der Waals surface area contributed by atoms with Crippen molar-refractivity contribution in [3.63, 3.8) is 0 Å². The molecule has 37 heavy (non-hydrogen) atoms. The fraction of sp³-hybridized carbons (Fsp3) is 0.880. The number of hydrogen-bond acceptors (Lipinski definition) is 5. The van der Waals surface area contributed by atoms with Crippen molar-refractivity contribution in [2.75, 3.05) is 0 Å². The minimum atomic E-state index is -2.37. The molecule has 1 aliphatic heterocycles. The van der Waals surface area contributed by atoms with Crippen LogP contribution in [0.4, 0.5) is 0 Å². The van der Waals surface area contributed by atoms with Crippen LogP contribution in [0.2, 0.25) is 82.1 Å². The van der Waals surface area contributed by atoms with E-state index in [2.05, 4.69) is 114 Å². The standard InChI is InChI=1S/C25H60O5Si7/c1-18-22(31)27-24(26)23(28-32(8,9)10)25(29-33(11,12)13)30-37(21(6)7)35(16,17)34(14,15)36(37,19(2)3)20(4)5/h19-22H,18H2,1-17,31H3. The van der Waals surface area contributed by atoms with Crippen LogP contribution in [0.15, 0.2) is 11.7 Å². The van der Waals surface area contributed by atoms with Gasteiger partial charge in [0.2, 0.25) is 24.0 Å². The second kappa shape index (κ2) is 11.5. The Balaban J connectivity index is 4.12. The normalized spacial score (nSPS) is 24.4. The largest absolute Gasteiger partial charge is 0.535 e. The summed E-state index contributed by atoms with van der Waals surface area (Å²) in [5.41, 5.74) is 1.67. The van der Waals surface area contributed by atoms with Gasteiger partial charge >= 0.3 is 11.9 Å². The van der Waals surface area contributed by atoms with E-state index in [1.165, 1.54) is 0 Å². The molecule has 1 aliphatic rings. The van der Waals surface area contributed by atoms with Crippen LogP contribution in [0, 0.1) is 0 Å². The van der Waals surface area contributed by atoms with Gasteiger partial charge in [0.15, 0.2) is 0 Å². The molecular weight excluding hydrogens is 577 g/mol. The second-order valence-electron chi connectivity index (χ2n) is 15.1. The predicted molar refractivity (Wildman–Crippen MR) is 179 cm³/mol. The van der Waals surface area contributed by atoms with Gasteiger partial charge in [0.1, 0.15) is 0 Å². The Labute approximate surface area is 237 Å². The van der Waals surface area contributed by atoms with Crippen LogP contribution < -0.4 is 0 Å². The predicted octanol–water partition coefficient (Wildman–Crippen LogP) is 6.89. The Morgan fingerprint density at radius 1 is 0.757 bits per heavy atom. The summed E-state index contributed by atoms with van der Waals surface area (Å²) in [7, 11) is -11.1. The first-order valence-corrected chi connectivity index (χ1v) is 36.5. The SMILES string of the molecule is CCC([SiH3])OC(=O)C(O[Si](C)(C)C)=C(O[Si](C)(C)C)O[Si]1(C(C)C)[Si](C)(C)[Si](C)(C)[Si]1(C(C)C)C(C)C. The number of rotatable bonds is 12. The van der Waals surface area contributed by atoms with E-state index in [0.717, 1.165) is 16.7 Å². The molecule has 0 amide bonds. The van der Waals surface area contributed by atoms with Crippen LogP contribution in [-0.2, 0) is 22.8 Å². The smallest absolute Gasteiger partial charge is 0.379 e. The Hall–Kier alpha value is 0.128. The summed E-state index contributed by atoms with van der Waals surface area (Å²) in [5, 5.41) is 0. The molecule has 0 bridgehead atoms. The van der Waals surface area contributed by atoms with Crippen LogP contribution in [0.1, 0.15) is 54.9 Å². The van der Waals surface area contributed by atoms with Crippen LogP contribution in [0.25, 0.3) is 0 Å². The lowest BCUT2D eigenvalue weighted by atomic mass is 10.5. The van der Waals surface area contributed by atoms with E-state index in [0.29, 0.717) is 22.6 Å². The van der Waals surface area contributed by atoms with Crippen molar-refractivity contribution < 1.29 is 22.8 Å². The number of carbonyl (C=O) groups excluding carboxylic acids is 1. The van der Waals surface area contributed by atoms with Gasteiger partial charge in [-0.25, -0.2) is 4.79 Å². The van der Waals surface area contributed by atoms with Gasteiger partial charge < -0.3 is 18.0 Å². The summed E-state index contributed by atoms with van der Waals surface area (Å²) in [6.07, 6.45) is 0.810. The third-order valence-electron chi connectivity index (χ3n) is 9.09. The highest BCUT2D eigenvalue weighted by molar-refractivity contribution is 8.13. The van der Waals surface area contributed by atoms with Gasteiger partial charge in [-0.2, -0.15) is 0 Å². The van der Waals surface area contributed by atoms with Crippen molar-refractivity contribution >= 4 is 61.5 Å². The molecule has 12 heteroatoms. The number of carbonyl (C=O) groups is 1. The Kier molecular flexibility index (Phi) is 11.0. The van der Waals surface area contributed by atoms with Gasteiger partial charge in [0.05, 0.1) is 30.2 Å². The fourth-order valence-electron chi connectivity index (χ4n) is 7.73. The molecule has 2 atom stereocenters. The van der Waals surface area contributed by atoms with E-state index in [9.17, 15) is 4.79 Å². The molecule has 0 saturated carbocycles. The van der Waals surface area contributed by atoms with Crippen molar-refractivity contribution in [2.45, 2.75) is 143 Å². The maximum absolute atomic E-state index is 13.7. The molecule has 0 spiro atoms. The van der Waals surface area contributed by atoms with Gasteiger partial charge in [-0.05, 0) is 51.2 Å². The molecule has 1 saturated heterocycles. The van der Waals surface area contributed by atoms with Crippen molar-refractivity contribution in [2.24, 2.45) is 0 Å². The van der Waals surface area contributed by atoms with Crippen LogP contribution in [-0.4, -0.2) is 67.3 Å². The average molecular weight is 637 g/mol. The molecule has 0 radical (unpaired) electrons. The first kappa shape index (κ1) is 35.2. The van der Waals surface area contributed by atoms with Crippen LogP contribution in [0.3, 0.4) is 0 Å². The second-order valence-corrected chi connectivity index (χ2v) is 69.0. The maximum atomic E-state index is 13.7. The quantitative estimate of drug-likeness (QED) is 0.101. The Morgan fingerprint density at radius 3 is 1.51 bits per heavy atom. The summed E-state index contributed by atoms with van der Waals surface area (Å²) >= 11 is 0. The monoisotopic (exact) mass is 636 g/mol. The highest BCUT2D eigenvalue weighted by atomic mass is 30.2. The zero-order chi connectivity index (χ0) is 29.6. The highest BCUT2D eigenvalue weighted by Crippen LogP contribution is 2.65. The van der Waals surface area contributed by atoms with Gasteiger partial charge in [0, 0.05) is 7.11 Å². The molecule has 0 aromatic carbocycles. The van der Waals surface area contributed by atoms with Gasteiger partial charge in [0.25, 0.3) is 5.76 Å². The number of hydrogen-bond donors (Lipinski definition) is 0. The molecule has 0 aliphatic carbocycles. The topological polar surface area (TPSA) is 54.0 Å². The van der Waals surface area contributed by atoms with Gasteiger partial charge in [-0.3, -0.25) is 0 Å². The van der Waals surface area contributed by atoms with Gasteiger partial charge in [-0.1, -0.05) is 85.7 Å². The zero-order valence-electron chi connectivity index (χ0n) is 27.6. The molecule has 218 valence electrons.